The number of benzene rings is 1. The average molecular weight is 359 g/mol. The largest absolute Gasteiger partial charge is 0.497 e. The molecule has 1 aliphatic rings. The fourth-order valence-corrected chi connectivity index (χ4v) is 3.59. The highest BCUT2D eigenvalue weighted by Crippen LogP contribution is 2.25. The maximum atomic E-state index is 8.36. The van der Waals surface area contributed by atoms with Crippen molar-refractivity contribution in [2.24, 2.45) is 13.0 Å². The minimum atomic E-state index is -0.250. The van der Waals surface area contributed by atoms with Gasteiger partial charge in [0.15, 0.2) is 0 Å². The van der Waals surface area contributed by atoms with Gasteiger partial charge in [-0.3, -0.25) is 14.4 Å². The Balaban J connectivity index is 0.000000758. The number of ether oxygens (including phenoxy) is 1. The van der Waals surface area contributed by atoms with E-state index < -0.39 is 0 Å². The smallest absolute Gasteiger partial charge is 0.290 e. The first-order valence-corrected chi connectivity index (χ1v) is 8.90. The summed E-state index contributed by atoms with van der Waals surface area (Å²) in [5.74, 6) is 1.69. The Morgan fingerprint density at radius 2 is 1.96 bits per heavy atom. The van der Waals surface area contributed by atoms with Crippen molar-refractivity contribution in [3.8, 4) is 5.75 Å². The summed E-state index contributed by atoms with van der Waals surface area (Å²) in [4.78, 5) is 10.9. The molecule has 2 aromatic rings. The quantitative estimate of drug-likeness (QED) is 0.832. The molecule has 6 nitrogen and oxygen atoms in total. The van der Waals surface area contributed by atoms with Crippen LogP contribution in [-0.2, 0) is 24.8 Å². The van der Waals surface area contributed by atoms with Crippen molar-refractivity contribution in [2.45, 2.75) is 33.2 Å². The third kappa shape index (κ3) is 5.08. The number of nitrogens with zero attached hydrogens (tertiary/aromatic N) is 3. The molecule has 3 rings (SSSR count). The summed E-state index contributed by atoms with van der Waals surface area (Å²) in [6, 6.07) is 8.50. The van der Waals surface area contributed by atoms with Crippen LogP contribution in [0.3, 0.4) is 0 Å². The molecular weight excluding hydrogens is 330 g/mol. The summed E-state index contributed by atoms with van der Waals surface area (Å²) < 4.78 is 7.23. The molecule has 0 spiro atoms. The Morgan fingerprint density at radius 3 is 2.50 bits per heavy atom. The normalized spacial score (nSPS) is 16.8. The zero-order valence-electron chi connectivity index (χ0n) is 16.1. The number of likely N-dealkylation sites (tertiary alicyclic amines) is 1. The van der Waals surface area contributed by atoms with Crippen molar-refractivity contribution >= 4 is 6.47 Å². The van der Waals surface area contributed by atoms with Gasteiger partial charge in [-0.1, -0.05) is 12.1 Å². The fourth-order valence-electron chi connectivity index (χ4n) is 3.59. The number of hydrogen-bond donors (Lipinski definition) is 1. The molecule has 1 saturated heterocycles. The molecule has 1 fully saturated rings. The number of carboxylic acid groups (broad SMARTS) is 1. The molecular formula is C20H29N3O3. The van der Waals surface area contributed by atoms with Crippen LogP contribution in [0.1, 0.15) is 28.9 Å². The van der Waals surface area contributed by atoms with E-state index in [1.54, 1.807) is 7.11 Å². The van der Waals surface area contributed by atoms with Gasteiger partial charge in [0.25, 0.3) is 6.47 Å². The number of hydrogen-bond acceptors (Lipinski definition) is 4. The molecule has 0 amide bonds. The Morgan fingerprint density at radius 1 is 1.31 bits per heavy atom. The zero-order chi connectivity index (χ0) is 19.1. The van der Waals surface area contributed by atoms with Crippen LogP contribution in [0.4, 0.5) is 0 Å². The number of carbonyl (C=O) groups is 1. The lowest BCUT2D eigenvalue weighted by molar-refractivity contribution is -0.122. The molecule has 1 unspecified atom stereocenters. The van der Waals surface area contributed by atoms with Crippen LogP contribution in [0.2, 0.25) is 0 Å². The van der Waals surface area contributed by atoms with Crippen LogP contribution in [0.5, 0.6) is 5.75 Å². The van der Waals surface area contributed by atoms with Gasteiger partial charge in [0.2, 0.25) is 0 Å². The molecule has 2 heterocycles. The molecule has 1 aromatic carbocycles. The summed E-state index contributed by atoms with van der Waals surface area (Å²) >= 11 is 0. The molecule has 1 aliphatic heterocycles. The van der Waals surface area contributed by atoms with Gasteiger partial charge in [0.1, 0.15) is 5.75 Å². The third-order valence-corrected chi connectivity index (χ3v) is 5.09. The molecule has 142 valence electrons. The van der Waals surface area contributed by atoms with E-state index >= 15 is 0 Å². The Bertz CT molecular complexity index is 710. The maximum Gasteiger partial charge on any atom is 0.290 e. The fraction of sp³-hybridized carbons (Fsp3) is 0.500. The van der Waals surface area contributed by atoms with E-state index in [2.05, 4.69) is 48.1 Å². The topological polar surface area (TPSA) is 67.6 Å². The first-order chi connectivity index (χ1) is 12.5. The SMILES string of the molecule is COc1ccc(CC2CCN(Cc3c(C)nn(C)c3C)C2)cc1.O=CO. The van der Waals surface area contributed by atoms with Crippen LogP contribution in [0.25, 0.3) is 0 Å². The summed E-state index contributed by atoms with van der Waals surface area (Å²) in [5.41, 5.74) is 5.27. The van der Waals surface area contributed by atoms with Gasteiger partial charge in [0.05, 0.1) is 12.8 Å². The highest BCUT2D eigenvalue weighted by atomic mass is 16.5. The molecule has 1 atom stereocenters. The van der Waals surface area contributed by atoms with E-state index in [9.17, 15) is 0 Å². The lowest BCUT2D eigenvalue weighted by Crippen LogP contribution is -2.21. The Hall–Kier alpha value is -2.34. The van der Waals surface area contributed by atoms with Crippen molar-refractivity contribution < 1.29 is 14.6 Å². The minimum absolute atomic E-state index is 0.250. The molecule has 1 N–H and O–H groups in total. The number of aromatic nitrogens is 2. The van der Waals surface area contributed by atoms with Crippen molar-refractivity contribution in [1.29, 1.82) is 0 Å². The monoisotopic (exact) mass is 359 g/mol. The maximum absolute atomic E-state index is 8.36. The highest BCUT2D eigenvalue weighted by Gasteiger charge is 2.24. The Labute approximate surface area is 155 Å². The van der Waals surface area contributed by atoms with Crippen LogP contribution in [0, 0.1) is 19.8 Å². The third-order valence-electron chi connectivity index (χ3n) is 5.09. The molecule has 26 heavy (non-hydrogen) atoms. The standard InChI is InChI=1S/C19H27N3O.CH2O2/c1-14-19(15(2)21(3)20-14)13-22-10-9-17(12-22)11-16-5-7-18(23-4)8-6-16;2-1-3/h5-8,17H,9-13H2,1-4H3;1H,(H,2,3). The van der Waals surface area contributed by atoms with Gasteiger partial charge >= 0.3 is 0 Å². The van der Waals surface area contributed by atoms with E-state index in [0.717, 1.165) is 24.6 Å². The Kier molecular flexibility index (Phi) is 7.21. The molecule has 1 aromatic heterocycles. The van der Waals surface area contributed by atoms with Crippen LogP contribution in [0.15, 0.2) is 24.3 Å². The molecule has 0 saturated carbocycles. The van der Waals surface area contributed by atoms with Gasteiger partial charge < -0.3 is 9.84 Å². The van der Waals surface area contributed by atoms with Crippen LogP contribution >= 0.6 is 0 Å². The van der Waals surface area contributed by atoms with E-state index in [0.29, 0.717) is 0 Å². The lowest BCUT2D eigenvalue weighted by Gasteiger charge is -2.16. The van der Waals surface area contributed by atoms with Crippen molar-refractivity contribution in [3.05, 3.63) is 46.8 Å². The second-order valence-electron chi connectivity index (χ2n) is 6.82. The zero-order valence-corrected chi connectivity index (χ0v) is 16.1. The number of methoxy groups -OCH3 is 1. The van der Waals surface area contributed by atoms with E-state index in [1.807, 2.05) is 11.7 Å². The van der Waals surface area contributed by atoms with Gasteiger partial charge in [-0.2, -0.15) is 5.10 Å². The molecule has 6 heteroatoms. The summed E-state index contributed by atoms with van der Waals surface area (Å²) in [7, 11) is 3.74. The number of rotatable bonds is 5. The minimum Gasteiger partial charge on any atom is -0.497 e. The lowest BCUT2D eigenvalue weighted by atomic mass is 9.99. The second kappa shape index (κ2) is 9.38. The molecule has 0 bridgehead atoms. The summed E-state index contributed by atoms with van der Waals surface area (Å²) in [6.45, 7) is 7.44. The molecule has 0 aliphatic carbocycles. The van der Waals surface area contributed by atoms with E-state index in [-0.39, 0.29) is 6.47 Å². The van der Waals surface area contributed by atoms with E-state index in [1.165, 1.54) is 42.0 Å². The summed E-state index contributed by atoms with van der Waals surface area (Å²) in [6.07, 6.45) is 2.44. The highest BCUT2D eigenvalue weighted by molar-refractivity contribution is 5.32. The predicted octanol–water partition coefficient (Wildman–Crippen LogP) is 2.81. The van der Waals surface area contributed by atoms with Crippen LogP contribution in [-0.4, -0.2) is 46.5 Å². The van der Waals surface area contributed by atoms with Crippen molar-refractivity contribution in [1.82, 2.24) is 14.7 Å². The van der Waals surface area contributed by atoms with E-state index in [4.69, 9.17) is 14.6 Å². The van der Waals surface area contributed by atoms with Crippen LogP contribution < -0.4 is 4.74 Å². The predicted molar refractivity (Wildman–Crippen MR) is 101 cm³/mol. The number of aryl methyl sites for hydroxylation is 2. The van der Waals surface area contributed by atoms with Gasteiger partial charge in [-0.05, 0) is 56.8 Å². The van der Waals surface area contributed by atoms with Gasteiger partial charge in [-0.25, -0.2) is 0 Å². The molecule has 0 radical (unpaired) electrons. The summed E-state index contributed by atoms with van der Waals surface area (Å²) in [5, 5.41) is 11.4. The first kappa shape index (κ1) is 20.0. The van der Waals surface area contributed by atoms with Crippen molar-refractivity contribution in [3.63, 3.8) is 0 Å². The second-order valence-corrected chi connectivity index (χ2v) is 6.82. The van der Waals surface area contributed by atoms with Crippen molar-refractivity contribution in [2.75, 3.05) is 20.2 Å². The van der Waals surface area contributed by atoms with Gasteiger partial charge in [-0.15, -0.1) is 0 Å². The average Bonchev–Trinajstić information content (AvgIpc) is 3.16. The van der Waals surface area contributed by atoms with Gasteiger partial charge in [0, 0.05) is 31.4 Å². The first-order valence-electron chi connectivity index (χ1n) is 8.90.